The molecule has 0 spiro atoms. The van der Waals surface area contributed by atoms with E-state index < -0.39 is 11.9 Å². The molecule has 2 N–H and O–H groups in total. The van der Waals surface area contributed by atoms with E-state index in [-0.39, 0.29) is 29.8 Å². The molecule has 0 saturated carbocycles. The molecule has 1 saturated heterocycles. The third kappa shape index (κ3) is 2.98. The SMILES string of the molecule is CN1CC(NC(=O)c2cc(C(=O)O)nn2-c2ccccc2)CC1=O. The summed E-state index contributed by atoms with van der Waals surface area (Å²) in [5.41, 5.74) is 0.471. The monoisotopic (exact) mass is 328 g/mol. The van der Waals surface area contributed by atoms with Crippen molar-refractivity contribution in [3.8, 4) is 5.69 Å². The summed E-state index contributed by atoms with van der Waals surface area (Å²) in [6.07, 6.45) is 0.230. The van der Waals surface area contributed by atoms with Crippen molar-refractivity contribution in [2.75, 3.05) is 13.6 Å². The fourth-order valence-corrected chi connectivity index (χ4v) is 2.63. The molecule has 0 radical (unpaired) electrons. The normalized spacial score (nSPS) is 17.1. The molecule has 1 unspecified atom stereocenters. The Kier molecular flexibility index (Phi) is 4.03. The van der Waals surface area contributed by atoms with Gasteiger partial charge in [0.15, 0.2) is 5.69 Å². The summed E-state index contributed by atoms with van der Waals surface area (Å²) in [5.74, 6) is -1.72. The van der Waals surface area contributed by atoms with Gasteiger partial charge in [-0.15, -0.1) is 0 Å². The molecule has 8 nitrogen and oxygen atoms in total. The molecule has 1 atom stereocenters. The fourth-order valence-electron chi connectivity index (χ4n) is 2.63. The van der Waals surface area contributed by atoms with Gasteiger partial charge < -0.3 is 15.3 Å². The number of nitrogens with zero attached hydrogens (tertiary/aromatic N) is 3. The molecule has 1 aromatic carbocycles. The standard InChI is InChI=1S/C16H16N4O4/c1-19-9-10(7-14(19)21)17-15(22)13-8-12(16(23)24)18-20(13)11-5-3-2-4-6-11/h2-6,8,10H,7,9H2,1H3,(H,17,22)(H,23,24). The molecule has 1 aromatic heterocycles. The molecule has 8 heteroatoms. The largest absolute Gasteiger partial charge is 0.476 e. The van der Waals surface area contributed by atoms with Crippen LogP contribution in [-0.4, -0.2) is 57.2 Å². The van der Waals surface area contributed by atoms with Gasteiger partial charge in [-0.2, -0.15) is 5.10 Å². The third-order valence-corrected chi connectivity index (χ3v) is 3.84. The van der Waals surface area contributed by atoms with E-state index in [0.29, 0.717) is 12.2 Å². The van der Waals surface area contributed by atoms with Crippen LogP contribution in [0.25, 0.3) is 5.69 Å². The summed E-state index contributed by atoms with van der Waals surface area (Å²) in [6, 6.07) is 9.72. The Morgan fingerprint density at radius 3 is 2.58 bits per heavy atom. The lowest BCUT2D eigenvalue weighted by atomic mass is 10.2. The van der Waals surface area contributed by atoms with Crippen LogP contribution in [0.15, 0.2) is 36.4 Å². The van der Waals surface area contributed by atoms with E-state index in [1.54, 1.807) is 36.2 Å². The number of benzene rings is 1. The van der Waals surface area contributed by atoms with Gasteiger partial charge in [-0.1, -0.05) is 18.2 Å². The minimum Gasteiger partial charge on any atom is -0.476 e. The van der Waals surface area contributed by atoms with E-state index in [1.807, 2.05) is 6.07 Å². The lowest BCUT2D eigenvalue weighted by Crippen LogP contribution is -2.37. The molecule has 1 fully saturated rings. The molecular formula is C16H16N4O4. The van der Waals surface area contributed by atoms with Crippen LogP contribution in [0.3, 0.4) is 0 Å². The summed E-state index contributed by atoms with van der Waals surface area (Å²) in [5, 5.41) is 15.9. The van der Waals surface area contributed by atoms with Crippen molar-refractivity contribution >= 4 is 17.8 Å². The predicted octanol–water partition coefficient (Wildman–Crippen LogP) is 0.531. The fraction of sp³-hybridized carbons (Fsp3) is 0.250. The van der Waals surface area contributed by atoms with Crippen LogP contribution in [0.4, 0.5) is 0 Å². The van der Waals surface area contributed by atoms with Gasteiger partial charge in [0, 0.05) is 26.1 Å². The lowest BCUT2D eigenvalue weighted by Gasteiger charge is -2.13. The van der Waals surface area contributed by atoms with Crippen molar-refractivity contribution in [2.24, 2.45) is 0 Å². The summed E-state index contributed by atoms with van der Waals surface area (Å²) in [7, 11) is 1.67. The van der Waals surface area contributed by atoms with E-state index in [0.717, 1.165) is 0 Å². The Morgan fingerprint density at radius 1 is 1.29 bits per heavy atom. The first-order chi connectivity index (χ1) is 11.5. The number of carboxylic acid groups (broad SMARTS) is 1. The number of rotatable bonds is 4. The number of likely N-dealkylation sites (tertiary alicyclic amines) is 1. The molecule has 124 valence electrons. The number of para-hydroxylation sites is 1. The minimum atomic E-state index is -1.21. The molecule has 1 aliphatic heterocycles. The first-order valence-corrected chi connectivity index (χ1v) is 7.39. The number of amides is 2. The number of aromatic carboxylic acids is 1. The van der Waals surface area contributed by atoms with Gasteiger partial charge in [-0.05, 0) is 12.1 Å². The quantitative estimate of drug-likeness (QED) is 0.852. The number of likely N-dealkylation sites (N-methyl/N-ethyl adjacent to an activating group) is 1. The number of aromatic nitrogens is 2. The van der Waals surface area contributed by atoms with Gasteiger partial charge >= 0.3 is 5.97 Å². The van der Waals surface area contributed by atoms with Crippen LogP contribution in [-0.2, 0) is 4.79 Å². The van der Waals surface area contributed by atoms with Crippen molar-refractivity contribution < 1.29 is 19.5 Å². The number of carboxylic acids is 1. The Labute approximate surface area is 137 Å². The predicted molar refractivity (Wildman–Crippen MR) is 84.0 cm³/mol. The average Bonchev–Trinajstić information content (AvgIpc) is 3.13. The van der Waals surface area contributed by atoms with Gasteiger partial charge in [0.05, 0.1) is 11.7 Å². The molecule has 3 rings (SSSR count). The Balaban J connectivity index is 1.90. The zero-order chi connectivity index (χ0) is 17.3. The van der Waals surface area contributed by atoms with E-state index in [2.05, 4.69) is 10.4 Å². The number of carbonyl (C=O) groups excluding carboxylic acids is 2. The first-order valence-electron chi connectivity index (χ1n) is 7.39. The molecule has 0 bridgehead atoms. The Bertz CT molecular complexity index is 800. The molecule has 2 heterocycles. The van der Waals surface area contributed by atoms with E-state index in [1.165, 1.54) is 10.7 Å². The second kappa shape index (κ2) is 6.15. The van der Waals surface area contributed by atoms with E-state index in [4.69, 9.17) is 5.11 Å². The van der Waals surface area contributed by atoms with Gasteiger partial charge in [-0.3, -0.25) is 9.59 Å². The third-order valence-electron chi connectivity index (χ3n) is 3.84. The van der Waals surface area contributed by atoms with Gasteiger partial charge in [0.2, 0.25) is 5.91 Å². The van der Waals surface area contributed by atoms with Crippen LogP contribution < -0.4 is 5.32 Å². The first kappa shape index (κ1) is 15.7. The maximum Gasteiger partial charge on any atom is 0.356 e. The van der Waals surface area contributed by atoms with Gasteiger partial charge in [0.1, 0.15) is 5.69 Å². The number of hydrogen-bond acceptors (Lipinski definition) is 4. The highest BCUT2D eigenvalue weighted by Crippen LogP contribution is 2.15. The minimum absolute atomic E-state index is 0.0388. The molecule has 0 aliphatic carbocycles. The molecule has 2 amide bonds. The maximum absolute atomic E-state index is 12.5. The van der Waals surface area contributed by atoms with Crippen LogP contribution in [0.1, 0.15) is 27.4 Å². The topological polar surface area (TPSA) is 105 Å². The highest BCUT2D eigenvalue weighted by molar-refractivity contribution is 5.97. The maximum atomic E-state index is 12.5. The van der Waals surface area contributed by atoms with Crippen molar-refractivity contribution in [3.63, 3.8) is 0 Å². The van der Waals surface area contributed by atoms with Gasteiger partial charge in [-0.25, -0.2) is 9.48 Å². The Morgan fingerprint density at radius 2 is 2.00 bits per heavy atom. The number of nitrogens with one attached hydrogen (secondary N) is 1. The highest BCUT2D eigenvalue weighted by atomic mass is 16.4. The summed E-state index contributed by atoms with van der Waals surface area (Å²) < 4.78 is 1.29. The van der Waals surface area contributed by atoms with Crippen LogP contribution in [0.5, 0.6) is 0 Å². The van der Waals surface area contributed by atoms with Crippen LogP contribution >= 0.6 is 0 Å². The average molecular weight is 328 g/mol. The summed E-state index contributed by atoms with van der Waals surface area (Å²) in [6.45, 7) is 0.426. The smallest absolute Gasteiger partial charge is 0.356 e. The summed E-state index contributed by atoms with van der Waals surface area (Å²) >= 11 is 0. The second-order valence-corrected chi connectivity index (χ2v) is 5.62. The van der Waals surface area contributed by atoms with Crippen molar-refractivity contribution in [2.45, 2.75) is 12.5 Å². The number of hydrogen-bond donors (Lipinski definition) is 2. The lowest BCUT2D eigenvalue weighted by molar-refractivity contribution is -0.126. The zero-order valence-electron chi connectivity index (χ0n) is 13.0. The molecule has 24 heavy (non-hydrogen) atoms. The second-order valence-electron chi connectivity index (χ2n) is 5.62. The van der Waals surface area contributed by atoms with Crippen LogP contribution in [0, 0.1) is 0 Å². The zero-order valence-corrected chi connectivity index (χ0v) is 13.0. The van der Waals surface area contributed by atoms with E-state index in [9.17, 15) is 14.4 Å². The van der Waals surface area contributed by atoms with Crippen molar-refractivity contribution in [1.29, 1.82) is 0 Å². The van der Waals surface area contributed by atoms with E-state index >= 15 is 0 Å². The molecular weight excluding hydrogens is 312 g/mol. The van der Waals surface area contributed by atoms with Gasteiger partial charge in [0.25, 0.3) is 5.91 Å². The summed E-state index contributed by atoms with van der Waals surface area (Å²) in [4.78, 5) is 36.8. The molecule has 2 aromatic rings. The Hall–Kier alpha value is -3.16. The van der Waals surface area contributed by atoms with Crippen molar-refractivity contribution in [3.05, 3.63) is 47.8 Å². The van der Waals surface area contributed by atoms with Crippen LogP contribution in [0.2, 0.25) is 0 Å². The number of carbonyl (C=O) groups is 3. The highest BCUT2D eigenvalue weighted by Gasteiger charge is 2.29. The molecule has 1 aliphatic rings. The van der Waals surface area contributed by atoms with Crippen molar-refractivity contribution in [1.82, 2.24) is 20.0 Å².